The van der Waals surface area contributed by atoms with Crippen molar-refractivity contribution in [1.82, 2.24) is 14.8 Å². The second-order valence-corrected chi connectivity index (χ2v) is 8.37. The van der Waals surface area contributed by atoms with Crippen LogP contribution in [0.3, 0.4) is 0 Å². The topological polar surface area (TPSA) is 63.1 Å². The molecule has 6 nitrogen and oxygen atoms in total. The van der Waals surface area contributed by atoms with Crippen molar-refractivity contribution < 1.29 is 4.79 Å². The molecule has 0 unspecified atom stereocenters. The number of nitrogens with one attached hydrogen (secondary N) is 1. The number of nitrogens with zero attached hydrogens (tertiary/aromatic N) is 4. The fourth-order valence-corrected chi connectivity index (χ4v) is 4.66. The molecule has 0 radical (unpaired) electrons. The fourth-order valence-electron chi connectivity index (χ4n) is 3.86. The number of carbonyl (C=O) groups excluding carboxylic acids is 1. The third-order valence-electron chi connectivity index (χ3n) is 5.38. The van der Waals surface area contributed by atoms with Crippen molar-refractivity contribution in [2.45, 2.75) is 38.9 Å². The Hall–Kier alpha value is -2.80. The van der Waals surface area contributed by atoms with Crippen LogP contribution in [0.5, 0.6) is 0 Å². The van der Waals surface area contributed by atoms with Gasteiger partial charge in [-0.3, -0.25) is 4.79 Å². The third-order valence-corrected chi connectivity index (χ3v) is 6.35. The van der Waals surface area contributed by atoms with Gasteiger partial charge >= 0.3 is 0 Å². The van der Waals surface area contributed by atoms with Crippen LogP contribution in [0.25, 0.3) is 11.4 Å². The first-order valence-corrected chi connectivity index (χ1v) is 11.4. The van der Waals surface area contributed by atoms with Crippen molar-refractivity contribution in [2.75, 3.05) is 29.1 Å². The van der Waals surface area contributed by atoms with Crippen molar-refractivity contribution in [1.29, 1.82) is 0 Å². The second-order valence-electron chi connectivity index (χ2n) is 7.43. The quantitative estimate of drug-likeness (QED) is 0.574. The molecule has 2 aromatic carbocycles. The number of amides is 1. The highest BCUT2D eigenvalue weighted by atomic mass is 32.2. The number of hydrogen-bond donors (Lipinski definition) is 1. The Morgan fingerprint density at radius 1 is 1.13 bits per heavy atom. The Bertz CT molecular complexity index is 1060. The maximum atomic E-state index is 12.6. The molecule has 1 aromatic heterocycles. The van der Waals surface area contributed by atoms with Gasteiger partial charge in [-0.1, -0.05) is 41.6 Å². The highest BCUT2D eigenvalue weighted by Crippen LogP contribution is 2.31. The van der Waals surface area contributed by atoms with E-state index in [-0.39, 0.29) is 5.91 Å². The molecule has 0 spiro atoms. The molecule has 0 aliphatic carbocycles. The van der Waals surface area contributed by atoms with E-state index in [0.717, 1.165) is 48.3 Å². The van der Waals surface area contributed by atoms with Crippen molar-refractivity contribution in [3.63, 3.8) is 0 Å². The predicted molar refractivity (Wildman–Crippen MR) is 123 cm³/mol. The van der Waals surface area contributed by atoms with Crippen LogP contribution in [0.4, 0.5) is 11.4 Å². The van der Waals surface area contributed by atoms with Gasteiger partial charge < -0.3 is 14.8 Å². The van der Waals surface area contributed by atoms with Gasteiger partial charge in [0.25, 0.3) is 0 Å². The molecule has 1 aliphatic rings. The highest BCUT2D eigenvalue weighted by Gasteiger charge is 2.19. The van der Waals surface area contributed by atoms with E-state index in [0.29, 0.717) is 5.75 Å². The average Bonchev–Trinajstić information content (AvgIpc) is 3.35. The Kier molecular flexibility index (Phi) is 6.08. The molecule has 4 rings (SSSR count). The molecule has 1 amide bonds. The Morgan fingerprint density at radius 3 is 2.77 bits per heavy atom. The van der Waals surface area contributed by atoms with Gasteiger partial charge in [-0.15, -0.1) is 10.2 Å². The lowest BCUT2D eigenvalue weighted by molar-refractivity contribution is -0.113. The standard InChI is InChI=1S/C23H27N5OS/c1-4-27-12-11-17-9-10-19(14-20(17)27)24-21(29)15-30-23-26-25-22(28(23)5-2)18-8-6-7-16(3)13-18/h6-10,13-14H,4-5,11-12,15H2,1-3H3,(H,24,29). The molecule has 0 saturated carbocycles. The van der Waals surface area contributed by atoms with Crippen LogP contribution in [0.1, 0.15) is 25.0 Å². The minimum Gasteiger partial charge on any atom is -0.371 e. The molecule has 0 fully saturated rings. The first-order chi connectivity index (χ1) is 14.6. The van der Waals surface area contributed by atoms with Gasteiger partial charge in [-0.05, 0) is 51.0 Å². The zero-order valence-corrected chi connectivity index (χ0v) is 18.5. The van der Waals surface area contributed by atoms with Gasteiger partial charge in [0.05, 0.1) is 5.75 Å². The molecule has 2 heterocycles. The lowest BCUT2D eigenvalue weighted by Crippen LogP contribution is -2.19. The summed E-state index contributed by atoms with van der Waals surface area (Å²) in [7, 11) is 0. The summed E-state index contributed by atoms with van der Waals surface area (Å²) in [6.07, 6.45) is 1.07. The van der Waals surface area contributed by atoms with Crippen molar-refractivity contribution in [3.8, 4) is 11.4 Å². The van der Waals surface area contributed by atoms with Crippen LogP contribution < -0.4 is 10.2 Å². The molecule has 156 valence electrons. The van der Waals surface area contributed by atoms with E-state index in [1.165, 1.54) is 28.6 Å². The zero-order chi connectivity index (χ0) is 21.1. The van der Waals surface area contributed by atoms with Crippen molar-refractivity contribution in [2.24, 2.45) is 0 Å². The van der Waals surface area contributed by atoms with Crippen LogP contribution >= 0.6 is 11.8 Å². The number of hydrogen-bond acceptors (Lipinski definition) is 5. The second kappa shape index (κ2) is 8.92. The molecular weight excluding hydrogens is 394 g/mol. The van der Waals surface area contributed by atoms with E-state index in [1.54, 1.807) is 0 Å². The number of fused-ring (bicyclic) bond motifs is 1. The molecule has 0 bridgehead atoms. The van der Waals surface area contributed by atoms with E-state index in [4.69, 9.17) is 0 Å². The van der Waals surface area contributed by atoms with Gasteiger partial charge in [0.1, 0.15) is 0 Å². The van der Waals surface area contributed by atoms with Crippen LogP contribution in [-0.2, 0) is 17.8 Å². The summed E-state index contributed by atoms with van der Waals surface area (Å²) in [6.45, 7) is 9.07. The summed E-state index contributed by atoms with van der Waals surface area (Å²) in [5.41, 5.74) is 5.65. The maximum Gasteiger partial charge on any atom is 0.234 e. The monoisotopic (exact) mass is 421 g/mol. The molecule has 30 heavy (non-hydrogen) atoms. The molecule has 0 atom stereocenters. The number of likely N-dealkylation sites (N-methyl/N-ethyl adjacent to an activating group) is 1. The number of thioether (sulfide) groups is 1. The van der Waals surface area contributed by atoms with Gasteiger partial charge in [0.15, 0.2) is 11.0 Å². The normalized spacial score (nSPS) is 12.8. The Balaban J connectivity index is 1.42. The average molecular weight is 422 g/mol. The van der Waals surface area contributed by atoms with E-state index in [9.17, 15) is 4.79 Å². The molecule has 1 N–H and O–H groups in total. The summed E-state index contributed by atoms with van der Waals surface area (Å²) in [6, 6.07) is 14.4. The number of aryl methyl sites for hydroxylation is 1. The van der Waals surface area contributed by atoms with Gasteiger partial charge in [0, 0.05) is 36.6 Å². The number of carbonyl (C=O) groups is 1. The third kappa shape index (κ3) is 4.21. The molecule has 7 heteroatoms. The lowest BCUT2D eigenvalue weighted by atomic mass is 10.1. The molecule has 1 aliphatic heterocycles. The lowest BCUT2D eigenvalue weighted by Gasteiger charge is -2.17. The fraction of sp³-hybridized carbons (Fsp3) is 0.348. The zero-order valence-electron chi connectivity index (χ0n) is 17.7. The highest BCUT2D eigenvalue weighted by molar-refractivity contribution is 7.99. The molecule has 0 saturated heterocycles. The van der Waals surface area contributed by atoms with E-state index >= 15 is 0 Å². The van der Waals surface area contributed by atoms with Gasteiger partial charge in [-0.25, -0.2) is 0 Å². The summed E-state index contributed by atoms with van der Waals surface area (Å²) in [5, 5.41) is 12.5. The SMILES string of the molecule is CCN1CCc2ccc(NC(=O)CSc3nnc(-c4cccc(C)c4)n3CC)cc21. The summed E-state index contributed by atoms with van der Waals surface area (Å²) < 4.78 is 2.06. The predicted octanol–water partition coefficient (Wildman–Crippen LogP) is 4.39. The number of anilines is 2. The number of benzene rings is 2. The number of aromatic nitrogens is 3. The minimum atomic E-state index is -0.0382. The number of rotatable bonds is 7. The summed E-state index contributed by atoms with van der Waals surface area (Å²) >= 11 is 1.42. The molecular formula is C23H27N5OS. The van der Waals surface area contributed by atoms with E-state index in [2.05, 4.69) is 70.0 Å². The van der Waals surface area contributed by atoms with E-state index < -0.39 is 0 Å². The van der Waals surface area contributed by atoms with Crippen molar-refractivity contribution >= 4 is 29.0 Å². The molecule has 3 aromatic rings. The van der Waals surface area contributed by atoms with Crippen LogP contribution in [0.15, 0.2) is 47.6 Å². The van der Waals surface area contributed by atoms with Crippen LogP contribution in [0.2, 0.25) is 0 Å². The van der Waals surface area contributed by atoms with Crippen LogP contribution in [-0.4, -0.2) is 39.5 Å². The first kappa shape index (κ1) is 20.5. The Labute approximate surface area is 181 Å². The smallest absolute Gasteiger partial charge is 0.234 e. The minimum absolute atomic E-state index is 0.0382. The van der Waals surface area contributed by atoms with Gasteiger partial charge in [0.2, 0.25) is 5.91 Å². The summed E-state index contributed by atoms with van der Waals surface area (Å²) in [4.78, 5) is 14.9. The first-order valence-electron chi connectivity index (χ1n) is 10.4. The van der Waals surface area contributed by atoms with Crippen molar-refractivity contribution in [3.05, 3.63) is 53.6 Å². The largest absolute Gasteiger partial charge is 0.371 e. The van der Waals surface area contributed by atoms with E-state index in [1.807, 2.05) is 18.2 Å². The summed E-state index contributed by atoms with van der Waals surface area (Å²) in [5.74, 6) is 1.09. The maximum absolute atomic E-state index is 12.6. The van der Waals surface area contributed by atoms with Crippen LogP contribution in [0, 0.1) is 6.92 Å². The Morgan fingerprint density at radius 2 is 2.00 bits per heavy atom. The van der Waals surface area contributed by atoms with Gasteiger partial charge in [-0.2, -0.15) is 0 Å².